The summed E-state index contributed by atoms with van der Waals surface area (Å²) in [6.45, 7) is 2.61. The van der Waals surface area contributed by atoms with Gasteiger partial charge in [0.05, 0.1) is 9.40 Å². The number of nitro benzene ring substituents is 1. The van der Waals surface area contributed by atoms with Crippen LogP contribution >= 0.6 is 15.9 Å². The van der Waals surface area contributed by atoms with Crippen LogP contribution in [0.2, 0.25) is 0 Å². The lowest BCUT2D eigenvalue weighted by Crippen LogP contribution is -1.95. The first kappa shape index (κ1) is 12.7. The second kappa shape index (κ2) is 4.85. The fourth-order valence-electron chi connectivity index (χ4n) is 1.55. The molecule has 0 aliphatic rings. The van der Waals surface area contributed by atoms with Crippen molar-refractivity contribution in [2.45, 2.75) is 13.5 Å². The maximum Gasteiger partial charge on any atom is 0.305 e. The summed E-state index contributed by atoms with van der Waals surface area (Å²) in [5.41, 5.74) is 0.507. The fraction of sp³-hybridized carbons (Fsp3) is 0.182. The van der Waals surface area contributed by atoms with Gasteiger partial charge in [-0.2, -0.15) is 9.49 Å². The maximum absolute atomic E-state index is 13.2. The largest absolute Gasteiger partial charge is 0.305 e. The van der Waals surface area contributed by atoms with Crippen molar-refractivity contribution in [3.63, 3.8) is 0 Å². The molecule has 94 valence electrons. The van der Waals surface area contributed by atoms with E-state index >= 15 is 0 Å². The van der Waals surface area contributed by atoms with E-state index < -0.39 is 16.4 Å². The Morgan fingerprint density at radius 3 is 2.83 bits per heavy atom. The van der Waals surface area contributed by atoms with Crippen LogP contribution in [0.3, 0.4) is 0 Å². The van der Waals surface area contributed by atoms with Crippen molar-refractivity contribution < 1.29 is 9.31 Å². The zero-order valence-corrected chi connectivity index (χ0v) is 11.0. The highest BCUT2D eigenvalue weighted by Gasteiger charge is 2.17. The quantitative estimate of drug-likeness (QED) is 0.644. The highest BCUT2D eigenvalue weighted by molar-refractivity contribution is 9.10. The lowest BCUT2D eigenvalue weighted by atomic mass is 10.1. The SMILES string of the molecule is CCn1cc(Br)c(-c2ccc(F)c([N+](=O)[O-])c2)n1. The molecule has 1 aromatic carbocycles. The molecule has 0 unspecified atom stereocenters. The topological polar surface area (TPSA) is 61.0 Å². The van der Waals surface area contributed by atoms with Crippen molar-refractivity contribution in [3.8, 4) is 11.3 Å². The first-order chi connectivity index (χ1) is 8.52. The lowest BCUT2D eigenvalue weighted by Gasteiger charge is -1.99. The Morgan fingerprint density at radius 2 is 2.28 bits per heavy atom. The van der Waals surface area contributed by atoms with Gasteiger partial charge in [-0.3, -0.25) is 14.8 Å². The third-order valence-electron chi connectivity index (χ3n) is 2.46. The summed E-state index contributed by atoms with van der Waals surface area (Å²) >= 11 is 3.33. The first-order valence-corrected chi connectivity index (χ1v) is 5.99. The van der Waals surface area contributed by atoms with Crippen LogP contribution in [0.25, 0.3) is 11.3 Å². The van der Waals surface area contributed by atoms with Gasteiger partial charge >= 0.3 is 5.69 Å². The van der Waals surface area contributed by atoms with Crippen LogP contribution < -0.4 is 0 Å². The summed E-state index contributed by atoms with van der Waals surface area (Å²) < 4.78 is 15.6. The van der Waals surface area contributed by atoms with Gasteiger partial charge in [-0.1, -0.05) is 0 Å². The smallest absolute Gasteiger partial charge is 0.271 e. The van der Waals surface area contributed by atoms with Crippen molar-refractivity contribution in [1.82, 2.24) is 9.78 Å². The van der Waals surface area contributed by atoms with Crippen LogP contribution in [0, 0.1) is 15.9 Å². The van der Waals surface area contributed by atoms with Crippen LogP contribution in [0.4, 0.5) is 10.1 Å². The highest BCUT2D eigenvalue weighted by atomic mass is 79.9. The molecule has 0 N–H and O–H groups in total. The van der Waals surface area contributed by atoms with E-state index in [-0.39, 0.29) is 0 Å². The van der Waals surface area contributed by atoms with Crippen molar-refractivity contribution in [2.24, 2.45) is 0 Å². The second-order valence-electron chi connectivity index (χ2n) is 3.60. The maximum atomic E-state index is 13.2. The molecule has 0 fully saturated rings. The van der Waals surface area contributed by atoms with Crippen molar-refractivity contribution in [1.29, 1.82) is 0 Å². The Kier molecular flexibility index (Phi) is 3.42. The number of hydrogen-bond donors (Lipinski definition) is 0. The average Bonchev–Trinajstić information content (AvgIpc) is 2.71. The normalized spacial score (nSPS) is 10.6. The van der Waals surface area contributed by atoms with Gasteiger partial charge in [-0.25, -0.2) is 0 Å². The number of aromatic nitrogens is 2. The first-order valence-electron chi connectivity index (χ1n) is 5.20. The highest BCUT2D eigenvalue weighted by Crippen LogP contribution is 2.30. The standard InChI is InChI=1S/C11H9BrFN3O2/c1-2-15-6-8(12)11(14-15)7-3-4-9(13)10(5-7)16(17)18/h3-6H,2H2,1H3. The van der Waals surface area contributed by atoms with Gasteiger partial charge < -0.3 is 0 Å². The number of aryl methyl sites for hydroxylation is 1. The molecule has 0 atom stereocenters. The molecule has 0 aliphatic carbocycles. The zero-order chi connectivity index (χ0) is 13.3. The predicted molar refractivity (Wildman–Crippen MR) is 67.6 cm³/mol. The van der Waals surface area contributed by atoms with Crippen LogP contribution in [-0.4, -0.2) is 14.7 Å². The van der Waals surface area contributed by atoms with E-state index in [0.29, 0.717) is 22.3 Å². The third-order valence-corrected chi connectivity index (χ3v) is 3.04. The van der Waals surface area contributed by atoms with Gasteiger partial charge in [-0.15, -0.1) is 0 Å². The van der Waals surface area contributed by atoms with E-state index in [9.17, 15) is 14.5 Å². The van der Waals surface area contributed by atoms with Gasteiger partial charge in [0.25, 0.3) is 0 Å². The molecule has 2 rings (SSSR count). The van der Waals surface area contributed by atoms with E-state index in [2.05, 4.69) is 21.0 Å². The van der Waals surface area contributed by atoms with Gasteiger partial charge in [0.1, 0.15) is 5.69 Å². The van der Waals surface area contributed by atoms with Crippen LogP contribution in [0.1, 0.15) is 6.92 Å². The van der Waals surface area contributed by atoms with Crippen LogP contribution in [0.15, 0.2) is 28.9 Å². The molecule has 1 aromatic heterocycles. The summed E-state index contributed by atoms with van der Waals surface area (Å²) in [4.78, 5) is 9.93. The van der Waals surface area contributed by atoms with E-state index in [1.54, 1.807) is 10.9 Å². The molecule has 0 bridgehead atoms. The predicted octanol–water partition coefficient (Wildman–Crippen LogP) is 3.38. The van der Waals surface area contributed by atoms with Gasteiger partial charge in [-0.05, 0) is 35.0 Å². The Hall–Kier alpha value is -1.76. The summed E-state index contributed by atoms with van der Waals surface area (Å²) in [7, 11) is 0. The minimum absolute atomic E-state index is 0.502. The molecule has 18 heavy (non-hydrogen) atoms. The Balaban J connectivity index is 2.53. The van der Waals surface area contributed by atoms with E-state index in [1.165, 1.54) is 12.1 Å². The summed E-state index contributed by atoms with van der Waals surface area (Å²) in [6.07, 6.45) is 1.77. The number of halogens is 2. The molecule has 0 saturated heterocycles. The molecule has 2 aromatic rings. The second-order valence-corrected chi connectivity index (χ2v) is 4.46. The lowest BCUT2D eigenvalue weighted by molar-refractivity contribution is -0.387. The number of nitrogens with zero attached hydrogens (tertiary/aromatic N) is 3. The Morgan fingerprint density at radius 1 is 1.56 bits per heavy atom. The molecule has 1 heterocycles. The minimum atomic E-state index is -0.852. The number of nitro groups is 1. The molecule has 0 aliphatic heterocycles. The summed E-state index contributed by atoms with van der Waals surface area (Å²) in [6, 6.07) is 3.72. The Bertz CT molecular complexity index is 612. The zero-order valence-electron chi connectivity index (χ0n) is 9.43. The monoisotopic (exact) mass is 313 g/mol. The van der Waals surface area contributed by atoms with Crippen molar-refractivity contribution in [2.75, 3.05) is 0 Å². The molecular weight excluding hydrogens is 305 g/mol. The van der Waals surface area contributed by atoms with Gasteiger partial charge in [0, 0.05) is 24.4 Å². The number of benzene rings is 1. The number of hydrogen-bond acceptors (Lipinski definition) is 3. The van der Waals surface area contributed by atoms with E-state index in [4.69, 9.17) is 0 Å². The Labute approximate surface area is 111 Å². The van der Waals surface area contributed by atoms with E-state index in [1.807, 2.05) is 6.92 Å². The molecule has 0 amide bonds. The van der Waals surface area contributed by atoms with Crippen LogP contribution in [0.5, 0.6) is 0 Å². The van der Waals surface area contributed by atoms with Crippen molar-refractivity contribution in [3.05, 3.63) is 44.8 Å². The molecule has 0 spiro atoms. The number of rotatable bonds is 3. The fourth-order valence-corrected chi connectivity index (χ4v) is 2.10. The third kappa shape index (κ3) is 2.26. The minimum Gasteiger partial charge on any atom is -0.271 e. The molecule has 0 saturated carbocycles. The van der Waals surface area contributed by atoms with Crippen molar-refractivity contribution >= 4 is 21.6 Å². The van der Waals surface area contributed by atoms with Crippen LogP contribution in [-0.2, 0) is 6.54 Å². The van der Waals surface area contributed by atoms with E-state index in [0.717, 1.165) is 6.07 Å². The van der Waals surface area contributed by atoms with Gasteiger partial charge in [0.15, 0.2) is 0 Å². The molecule has 5 nitrogen and oxygen atoms in total. The van der Waals surface area contributed by atoms with Gasteiger partial charge in [0.2, 0.25) is 5.82 Å². The molecular formula is C11H9BrFN3O2. The summed E-state index contributed by atoms with van der Waals surface area (Å²) in [5.74, 6) is -0.852. The molecule has 7 heteroatoms. The molecule has 0 radical (unpaired) electrons. The average molecular weight is 314 g/mol. The summed E-state index contributed by atoms with van der Waals surface area (Å²) in [5, 5.41) is 14.9.